The van der Waals surface area contributed by atoms with E-state index in [1.54, 1.807) is 49.9 Å². The van der Waals surface area contributed by atoms with Crippen LogP contribution in [0.1, 0.15) is 16.9 Å². The molecule has 1 N–H and O–H groups in total. The number of hydrogen-bond acceptors (Lipinski definition) is 8. The summed E-state index contributed by atoms with van der Waals surface area (Å²) in [5.41, 5.74) is 1.47. The first-order valence-electron chi connectivity index (χ1n) is 9.94. The van der Waals surface area contributed by atoms with E-state index in [9.17, 15) is 9.90 Å². The van der Waals surface area contributed by atoms with Gasteiger partial charge in [0.2, 0.25) is 0 Å². The highest BCUT2D eigenvalue weighted by Gasteiger charge is 2.34. The summed E-state index contributed by atoms with van der Waals surface area (Å²) >= 11 is 1.20. The fraction of sp³-hybridized carbons (Fsp3) is 0.125. The molecule has 168 valence electrons. The molecule has 0 atom stereocenters. The summed E-state index contributed by atoms with van der Waals surface area (Å²) in [7, 11) is 3.06. The average molecular weight is 464 g/mol. The van der Waals surface area contributed by atoms with Crippen molar-refractivity contribution in [2.45, 2.75) is 6.54 Å². The molecule has 2 aromatic carbocycles. The lowest BCUT2D eigenvalue weighted by atomic mass is 10.2. The van der Waals surface area contributed by atoms with Crippen LogP contribution in [-0.2, 0) is 11.3 Å². The van der Waals surface area contributed by atoms with Crippen LogP contribution in [0.2, 0.25) is 0 Å². The van der Waals surface area contributed by atoms with Gasteiger partial charge in [0.1, 0.15) is 11.5 Å². The summed E-state index contributed by atoms with van der Waals surface area (Å²) in [6.07, 6.45) is 4.85. The van der Waals surface area contributed by atoms with Crippen LogP contribution >= 0.6 is 11.8 Å². The molecule has 0 radical (unpaired) electrons. The molecule has 8 nitrogen and oxygen atoms in total. The van der Waals surface area contributed by atoms with Crippen LogP contribution in [0.3, 0.4) is 0 Å². The Bertz CT molecular complexity index is 1230. The topological polar surface area (TPSA) is 96.9 Å². The molecule has 33 heavy (non-hydrogen) atoms. The smallest absolute Gasteiger partial charge is 0.267 e. The van der Waals surface area contributed by atoms with Gasteiger partial charge in [0.15, 0.2) is 16.7 Å². The van der Waals surface area contributed by atoms with Crippen molar-refractivity contribution >= 4 is 35.1 Å². The molecule has 9 heteroatoms. The highest BCUT2D eigenvalue weighted by atomic mass is 32.2. The van der Waals surface area contributed by atoms with Crippen molar-refractivity contribution in [2.24, 2.45) is 10.2 Å². The van der Waals surface area contributed by atoms with Crippen molar-refractivity contribution < 1.29 is 23.8 Å². The van der Waals surface area contributed by atoms with Gasteiger partial charge in [-0.25, -0.2) is 0 Å². The van der Waals surface area contributed by atoms with Crippen molar-refractivity contribution in [3.8, 4) is 17.2 Å². The maximum Gasteiger partial charge on any atom is 0.267 e. The van der Waals surface area contributed by atoms with Gasteiger partial charge < -0.3 is 19.0 Å². The van der Waals surface area contributed by atoms with Crippen molar-refractivity contribution in [3.63, 3.8) is 0 Å². The monoisotopic (exact) mass is 463 g/mol. The normalized spacial score (nSPS) is 16.3. The van der Waals surface area contributed by atoms with Crippen molar-refractivity contribution in [1.82, 2.24) is 4.90 Å². The lowest BCUT2D eigenvalue weighted by Crippen LogP contribution is -2.28. The first kappa shape index (κ1) is 22.2. The van der Waals surface area contributed by atoms with E-state index in [1.165, 1.54) is 29.8 Å². The van der Waals surface area contributed by atoms with Gasteiger partial charge in [0.25, 0.3) is 5.91 Å². The summed E-state index contributed by atoms with van der Waals surface area (Å²) in [5, 5.41) is 18.7. The number of phenols is 1. The molecule has 3 aromatic rings. The largest absolute Gasteiger partial charge is 0.504 e. The molecule has 1 fully saturated rings. The molecule has 1 aromatic heterocycles. The molecular weight excluding hydrogens is 442 g/mol. The van der Waals surface area contributed by atoms with E-state index in [0.29, 0.717) is 32.9 Å². The standard InChI is InChI=1S/C24H21N3O5S/c1-30-20-8-4-3-6-17(20)14-25-26-24-27(15-18-7-5-11-32-18)23(29)22(33-24)13-16-9-10-19(28)21(12-16)31-2/h3-14,28H,15H2,1-2H3/b22-13-,25-14-,26-24+. The molecule has 0 saturated carbocycles. The van der Waals surface area contributed by atoms with Crippen LogP contribution < -0.4 is 9.47 Å². The molecule has 0 spiro atoms. The number of phenolic OH excluding ortho intramolecular Hbond substituents is 1. The molecule has 1 amide bonds. The van der Waals surface area contributed by atoms with Crippen molar-refractivity contribution in [1.29, 1.82) is 0 Å². The number of aromatic hydroxyl groups is 1. The number of carbonyl (C=O) groups excluding carboxylic acids is 1. The molecule has 1 aliphatic heterocycles. The minimum atomic E-state index is -0.227. The zero-order chi connectivity index (χ0) is 23.2. The van der Waals surface area contributed by atoms with E-state index in [0.717, 1.165) is 5.56 Å². The predicted molar refractivity (Wildman–Crippen MR) is 128 cm³/mol. The Hall–Kier alpha value is -3.98. The quantitative estimate of drug-likeness (QED) is 0.315. The van der Waals surface area contributed by atoms with E-state index < -0.39 is 0 Å². The summed E-state index contributed by atoms with van der Waals surface area (Å²) in [4.78, 5) is 15.1. The minimum Gasteiger partial charge on any atom is -0.504 e. The van der Waals surface area contributed by atoms with Crippen LogP contribution in [0.15, 0.2) is 80.4 Å². The number of para-hydroxylation sites is 1. The average Bonchev–Trinajstić information content (AvgIpc) is 3.45. The van der Waals surface area contributed by atoms with Gasteiger partial charge in [0.05, 0.1) is 38.1 Å². The second-order valence-electron chi connectivity index (χ2n) is 6.88. The van der Waals surface area contributed by atoms with Crippen LogP contribution in [0.4, 0.5) is 0 Å². The number of methoxy groups -OCH3 is 2. The number of carbonyl (C=O) groups is 1. The highest BCUT2D eigenvalue weighted by molar-refractivity contribution is 8.18. The maximum absolute atomic E-state index is 13.2. The van der Waals surface area contributed by atoms with Crippen LogP contribution in [-0.4, -0.2) is 41.5 Å². The molecule has 1 saturated heterocycles. The Morgan fingerprint density at radius 2 is 1.91 bits per heavy atom. The third-order valence-electron chi connectivity index (χ3n) is 4.76. The fourth-order valence-corrected chi connectivity index (χ4v) is 4.06. The number of hydrogen-bond donors (Lipinski definition) is 1. The molecule has 0 aliphatic carbocycles. The Labute approximate surface area is 194 Å². The van der Waals surface area contributed by atoms with E-state index in [4.69, 9.17) is 13.9 Å². The SMILES string of the molecule is COc1cc(/C=C2\S/C(=N/N=C\c3ccccc3OC)N(Cc3ccco3)C2=O)ccc1O. The van der Waals surface area contributed by atoms with Gasteiger partial charge in [0, 0.05) is 5.56 Å². The van der Waals surface area contributed by atoms with Gasteiger partial charge in [-0.3, -0.25) is 9.69 Å². The van der Waals surface area contributed by atoms with Gasteiger partial charge >= 0.3 is 0 Å². The van der Waals surface area contributed by atoms with Gasteiger partial charge in [-0.2, -0.15) is 5.10 Å². The van der Waals surface area contributed by atoms with E-state index in [-0.39, 0.29) is 18.2 Å². The van der Waals surface area contributed by atoms with Crippen LogP contribution in [0.25, 0.3) is 6.08 Å². The molecule has 1 aliphatic rings. The second-order valence-corrected chi connectivity index (χ2v) is 7.89. The summed E-state index contributed by atoms with van der Waals surface area (Å²) in [6.45, 7) is 0.220. The maximum atomic E-state index is 13.2. The summed E-state index contributed by atoms with van der Waals surface area (Å²) < 4.78 is 15.9. The van der Waals surface area contributed by atoms with E-state index >= 15 is 0 Å². The van der Waals surface area contributed by atoms with Gasteiger partial charge in [-0.15, -0.1) is 5.10 Å². The summed E-state index contributed by atoms with van der Waals surface area (Å²) in [5.74, 6) is 1.42. The number of benzene rings is 2. The van der Waals surface area contributed by atoms with Crippen molar-refractivity contribution in [2.75, 3.05) is 14.2 Å². The number of amidine groups is 1. The van der Waals surface area contributed by atoms with Gasteiger partial charge in [-0.1, -0.05) is 18.2 Å². The Morgan fingerprint density at radius 3 is 2.67 bits per heavy atom. The number of rotatable bonds is 7. The fourth-order valence-electron chi connectivity index (χ4n) is 3.13. The van der Waals surface area contributed by atoms with Gasteiger partial charge in [-0.05, 0) is 59.8 Å². The van der Waals surface area contributed by atoms with Crippen LogP contribution in [0.5, 0.6) is 17.2 Å². The van der Waals surface area contributed by atoms with Crippen LogP contribution in [0, 0.1) is 0 Å². The first-order valence-corrected chi connectivity index (χ1v) is 10.8. The lowest BCUT2D eigenvalue weighted by Gasteiger charge is -2.12. The zero-order valence-corrected chi connectivity index (χ0v) is 18.8. The minimum absolute atomic E-state index is 0.0254. The summed E-state index contributed by atoms with van der Waals surface area (Å²) in [6, 6.07) is 15.9. The number of furan rings is 1. The lowest BCUT2D eigenvalue weighted by molar-refractivity contribution is -0.122. The third-order valence-corrected chi connectivity index (χ3v) is 5.76. The van der Waals surface area contributed by atoms with Crippen molar-refractivity contribution in [3.05, 3.63) is 82.7 Å². The number of amides is 1. The number of ether oxygens (including phenoxy) is 2. The number of nitrogens with zero attached hydrogens (tertiary/aromatic N) is 3. The Kier molecular flexibility index (Phi) is 6.80. The Morgan fingerprint density at radius 1 is 1.09 bits per heavy atom. The Balaban J connectivity index is 1.64. The van der Waals surface area contributed by atoms with E-state index in [2.05, 4.69) is 10.2 Å². The predicted octanol–water partition coefficient (Wildman–Crippen LogP) is 4.51. The number of thioether (sulfide) groups is 1. The molecule has 0 bridgehead atoms. The molecule has 0 unspecified atom stereocenters. The third kappa shape index (κ3) is 5.09. The molecule has 2 heterocycles. The zero-order valence-electron chi connectivity index (χ0n) is 18.0. The highest BCUT2D eigenvalue weighted by Crippen LogP contribution is 2.35. The first-order chi connectivity index (χ1) is 16.1. The van der Waals surface area contributed by atoms with E-state index in [1.807, 2.05) is 24.3 Å². The molecular formula is C24H21N3O5S. The molecule has 4 rings (SSSR count). The second kappa shape index (κ2) is 10.1.